The van der Waals surface area contributed by atoms with E-state index in [1.165, 1.54) is 0 Å². The number of nitrogens with one attached hydrogen (secondary N) is 3. The van der Waals surface area contributed by atoms with Gasteiger partial charge in [-0.3, -0.25) is 14.4 Å². The number of carbonyl (C=O) groups excluding carboxylic acids is 3. The van der Waals surface area contributed by atoms with Crippen LogP contribution in [0.5, 0.6) is 0 Å². The van der Waals surface area contributed by atoms with Crippen molar-refractivity contribution < 1.29 is 14.4 Å². The van der Waals surface area contributed by atoms with Crippen molar-refractivity contribution in [3.63, 3.8) is 0 Å². The Balaban J connectivity index is 1.55. The lowest BCUT2D eigenvalue weighted by Crippen LogP contribution is -2.57. The summed E-state index contributed by atoms with van der Waals surface area (Å²) in [6, 6.07) is 13.8. The van der Waals surface area contributed by atoms with Gasteiger partial charge in [-0.1, -0.05) is 50.2 Å². The summed E-state index contributed by atoms with van der Waals surface area (Å²) in [7, 11) is 0. The molecule has 0 bridgehead atoms. The van der Waals surface area contributed by atoms with Crippen molar-refractivity contribution in [1.29, 1.82) is 0 Å². The number of para-hydroxylation sites is 1. The lowest BCUT2D eigenvalue weighted by atomic mass is 9.89. The summed E-state index contributed by atoms with van der Waals surface area (Å²) in [4.78, 5) is 45.5. The first-order chi connectivity index (χ1) is 16.8. The molecule has 0 radical (unpaired) electrons. The van der Waals surface area contributed by atoms with Gasteiger partial charge in [0.2, 0.25) is 11.8 Å². The monoisotopic (exact) mass is 472 g/mol. The fraction of sp³-hybridized carbons (Fsp3) is 0.393. The maximum absolute atomic E-state index is 13.8. The Kier molecular flexibility index (Phi) is 5.87. The van der Waals surface area contributed by atoms with Crippen LogP contribution in [-0.4, -0.2) is 45.7 Å². The largest absolute Gasteiger partial charge is 0.356 e. The van der Waals surface area contributed by atoms with E-state index in [-0.39, 0.29) is 35.7 Å². The molecule has 3 atom stereocenters. The van der Waals surface area contributed by atoms with E-state index in [4.69, 9.17) is 0 Å². The Morgan fingerprint density at radius 3 is 2.49 bits per heavy atom. The van der Waals surface area contributed by atoms with E-state index in [1.807, 2.05) is 70.2 Å². The van der Waals surface area contributed by atoms with E-state index in [2.05, 4.69) is 21.7 Å². The van der Waals surface area contributed by atoms with Gasteiger partial charge in [0.05, 0.1) is 6.04 Å². The molecule has 5 rings (SSSR count). The Morgan fingerprint density at radius 1 is 1.03 bits per heavy atom. The summed E-state index contributed by atoms with van der Waals surface area (Å²) in [6.07, 6.45) is 0.911. The predicted octanol–water partition coefficient (Wildman–Crippen LogP) is 3.69. The van der Waals surface area contributed by atoms with Gasteiger partial charge in [-0.05, 0) is 49.4 Å². The SMILES string of the molecule is CC(C)C[C@H](NC(=O)[C@@H]1Cc2c([nH]c3ccccc23)C2c3ccccc3C(=O)N21)C(=O)NC(C)C. The molecule has 3 N–H and O–H groups in total. The number of H-pyrrole nitrogens is 1. The average molecular weight is 473 g/mol. The van der Waals surface area contributed by atoms with Gasteiger partial charge < -0.3 is 20.5 Å². The molecule has 0 saturated heterocycles. The standard InChI is InChI=1S/C28H32N4O3/c1-15(2)13-22(26(33)29-16(3)4)31-27(34)23-14-20-17-9-7-8-12-21(17)30-24(20)25-18-10-5-6-11-19(18)28(35)32(23)25/h5-12,15-16,22-23,25,30H,13-14H2,1-4H3,(H,29,33)(H,31,34)/t22-,23-,25?/m0/s1. The van der Waals surface area contributed by atoms with Crippen molar-refractivity contribution >= 4 is 28.6 Å². The molecule has 0 saturated carbocycles. The van der Waals surface area contributed by atoms with Crippen molar-refractivity contribution in [3.05, 3.63) is 70.9 Å². The van der Waals surface area contributed by atoms with Crippen LogP contribution in [-0.2, 0) is 16.0 Å². The Hall–Kier alpha value is -3.61. The average Bonchev–Trinajstić information content (AvgIpc) is 3.33. The molecule has 35 heavy (non-hydrogen) atoms. The van der Waals surface area contributed by atoms with E-state index in [0.717, 1.165) is 27.7 Å². The van der Waals surface area contributed by atoms with Crippen LogP contribution >= 0.6 is 0 Å². The maximum Gasteiger partial charge on any atom is 0.255 e. The molecule has 0 fully saturated rings. The number of hydrogen-bond donors (Lipinski definition) is 3. The first-order valence-electron chi connectivity index (χ1n) is 12.4. The van der Waals surface area contributed by atoms with Crippen LogP contribution in [0.3, 0.4) is 0 Å². The third-order valence-electron chi connectivity index (χ3n) is 6.93. The number of nitrogens with zero attached hydrogens (tertiary/aromatic N) is 1. The minimum atomic E-state index is -0.715. The zero-order valence-corrected chi connectivity index (χ0v) is 20.6. The van der Waals surface area contributed by atoms with Gasteiger partial charge >= 0.3 is 0 Å². The van der Waals surface area contributed by atoms with Gasteiger partial charge in [0.1, 0.15) is 12.1 Å². The number of fused-ring (bicyclic) bond motifs is 7. The van der Waals surface area contributed by atoms with Crippen LogP contribution in [0.2, 0.25) is 0 Å². The molecule has 1 aromatic heterocycles. The van der Waals surface area contributed by atoms with Crippen LogP contribution in [0.25, 0.3) is 10.9 Å². The topological polar surface area (TPSA) is 94.3 Å². The molecule has 0 aliphatic carbocycles. The molecular formula is C28H32N4O3. The van der Waals surface area contributed by atoms with E-state index >= 15 is 0 Å². The van der Waals surface area contributed by atoms with E-state index < -0.39 is 12.1 Å². The highest BCUT2D eigenvalue weighted by molar-refractivity contribution is 6.04. The predicted molar refractivity (Wildman–Crippen MR) is 135 cm³/mol. The van der Waals surface area contributed by atoms with E-state index in [9.17, 15) is 14.4 Å². The molecule has 2 aromatic carbocycles. The van der Waals surface area contributed by atoms with Gasteiger partial charge in [-0.15, -0.1) is 0 Å². The number of hydrogen-bond acceptors (Lipinski definition) is 3. The normalized spacial score (nSPS) is 19.5. The van der Waals surface area contributed by atoms with Crippen molar-refractivity contribution in [2.75, 3.05) is 0 Å². The summed E-state index contributed by atoms with van der Waals surface area (Å²) >= 11 is 0. The van der Waals surface area contributed by atoms with Gasteiger partial charge in [-0.25, -0.2) is 0 Å². The van der Waals surface area contributed by atoms with Crippen molar-refractivity contribution in [2.45, 2.75) is 64.7 Å². The van der Waals surface area contributed by atoms with E-state index in [0.29, 0.717) is 18.4 Å². The number of rotatable bonds is 6. The highest BCUT2D eigenvalue weighted by Crippen LogP contribution is 2.46. The maximum atomic E-state index is 13.8. The quantitative estimate of drug-likeness (QED) is 0.511. The third-order valence-corrected chi connectivity index (χ3v) is 6.93. The Bertz CT molecular complexity index is 1310. The minimum absolute atomic E-state index is 0.0310. The second-order valence-electron chi connectivity index (χ2n) is 10.3. The summed E-state index contributed by atoms with van der Waals surface area (Å²) in [5.41, 5.74) is 4.53. The first-order valence-corrected chi connectivity index (χ1v) is 12.4. The summed E-state index contributed by atoms with van der Waals surface area (Å²) in [5.74, 6) is -0.424. The van der Waals surface area contributed by atoms with Gasteiger partial charge in [0.15, 0.2) is 0 Å². The molecule has 3 heterocycles. The van der Waals surface area contributed by atoms with Crippen LogP contribution < -0.4 is 10.6 Å². The lowest BCUT2D eigenvalue weighted by molar-refractivity contribution is -0.132. The zero-order valence-electron chi connectivity index (χ0n) is 20.6. The number of benzene rings is 2. The van der Waals surface area contributed by atoms with Crippen molar-refractivity contribution in [3.8, 4) is 0 Å². The molecule has 1 unspecified atom stereocenters. The van der Waals surface area contributed by atoms with E-state index in [1.54, 1.807) is 4.90 Å². The molecule has 182 valence electrons. The van der Waals surface area contributed by atoms with Gasteiger partial charge in [0, 0.05) is 34.6 Å². The van der Waals surface area contributed by atoms with Gasteiger partial charge in [-0.2, -0.15) is 0 Å². The Morgan fingerprint density at radius 2 is 1.74 bits per heavy atom. The molecule has 7 nitrogen and oxygen atoms in total. The molecule has 3 amide bonds. The third kappa shape index (κ3) is 3.99. The zero-order chi connectivity index (χ0) is 24.9. The van der Waals surface area contributed by atoms with Crippen LogP contribution in [0.1, 0.15) is 67.3 Å². The first kappa shape index (κ1) is 23.1. The second-order valence-corrected chi connectivity index (χ2v) is 10.3. The van der Waals surface area contributed by atoms with Crippen LogP contribution in [0, 0.1) is 5.92 Å². The molecule has 3 aromatic rings. The fourth-order valence-electron chi connectivity index (χ4n) is 5.49. The fourth-order valence-corrected chi connectivity index (χ4v) is 5.49. The van der Waals surface area contributed by atoms with Crippen molar-refractivity contribution in [2.24, 2.45) is 5.92 Å². The molecular weight excluding hydrogens is 440 g/mol. The second kappa shape index (κ2) is 8.87. The summed E-state index contributed by atoms with van der Waals surface area (Å²) in [5, 5.41) is 6.98. The highest BCUT2D eigenvalue weighted by atomic mass is 16.2. The summed E-state index contributed by atoms with van der Waals surface area (Å²) in [6.45, 7) is 7.85. The highest BCUT2D eigenvalue weighted by Gasteiger charge is 2.49. The number of aromatic amines is 1. The minimum Gasteiger partial charge on any atom is -0.356 e. The van der Waals surface area contributed by atoms with Crippen molar-refractivity contribution in [1.82, 2.24) is 20.5 Å². The van der Waals surface area contributed by atoms with Crippen LogP contribution in [0.15, 0.2) is 48.5 Å². The number of amides is 3. The summed E-state index contributed by atoms with van der Waals surface area (Å²) < 4.78 is 0. The Labute approximate surface area is 205 Å². The molecule has 2 aliphatic rings. The molecule has 0 spiro atoms. The van der Waals surface area contributed by atoms with Gasteiger partial charge in [0.25, 0.3) is 5.91 Å². The molecule has 2 aliphatic heterocycles. The number of carbonyl (C=O) groups is 3. The van der Waals surface area contributed by atoms with Crippen LogP contribution in [0.4, 0.5) is 0 Å². The smallest absolute Gasteiger partial charge is 0.255 e. The molecule has 7 heteroatoms. The lowest BCUT2D eigenvalue weighted by Gasteiger charge is -2.38. The number of aromatic nitrogens is 1.